The minimum absolute atomic E-state index is 0.119. The Kier molecular flexibility index (Phi) is 6.30. The monoisotopic (exact) mass is 417 g/mol. The molecule has 0 spiro atoms. The summed E-state index contributed by atoms with van der Waals surface area (Å²) in [4.78, 5) is 20.0. The van der Waals surface area contributed by atoms with Crippen LogP contribution in [-0.2, 0) is 10.3 Å². The average Bonchev–Trinajstić information content (AvgIpc) is 2.83. The number of nitrogens with zero attached hydrogens (tertiary/aromatic N) is 2. The fourth-order valence-corrected chi connectivity index (χ4v) is 3.95. The lowest BCUT2D eigenvalue weighted by atomic mass is 9.88. The van der Waals surface area contributed by atoms with Crippen LogP contribution in [0.2, 0.25) is 0 Å². The van der Waals surface area contributed by atoms with E-state index in [2.05, 4.69) is 58.3 Å². The van der Waals surface area contributed by atoms with Crippen LogP contribution < -0.4 is 5.69 Å². The van der Waals surface area contributed by atoms with Crippen molar-refractivity contribution < 1.29 is 9.84 Å². The second kappa shape index (κ2) is 9.29. The number of aromatic nitrogens is 2. The van der Waals surface area contributed by atoms with Gasteiger partial charge in [-0.2, -0.15) is 0 Å². The van der Waals surface area contributed by atoms with Crippen molar-refractivity contribution in [1.82, 2.24) is 14.9 Å². The zero-order valence-electron chi connectivity index (χ0n) is 17.6. The highest BCUT2D eigenvalue weighted by atomic mass is 16.5. The van der Waals surface area contributed by atoms with Crippen LogP contribution >= 0.6 is 0 Å². The smallest absolute Gasteiger partial charge is 0.345 e. The van der Waals surface area contributed by atoms with Gasteiger partial charge in [0.05, 0.1) is 11.7 Å². The number of H-pyrrole nitrogens is 1. The molecular formula is C25H27N3O3. The molecule has 0 fully saturated rings. The van der Waals surface area contributed by atoms with Gasteiger partial charge >= 0.3 is 5.69 Å². The average molecular weight is 418 g/mol. The Balaban J connectivity index is 1.52. The van der Waals surface area contributed by atoms with Gasteiger partial charge in [0.15, 0.2) is 0 Å². The van der Waals surface area contributed by atoms with E-state index in [1.807, 2.05) is 30.3 Å². The molecule has 160 valence electrons. The van der Waals surface area contributed by atoms with Gasteiger partial charge in [-0.1, -0.05) is 54.6 Å². The van der Waals surface area contributed by atoms with Crippen LogP contribution in [0.3, 0.4) is 0 Å². The summed E-state index contributed by atoms with van der Waals surface area (Å²) in [6.45, 7) is 2.73. The van der Waals surface area contributed by atoms with Crippen molar-refractivity contribution in [3.8, 4) is 11.3 Å². The Morgan fingerprint density at radius 3 is 2.58 bits per heavy atom. The Labute approximate surface area is 181 Å². The summed E-state index contributed by atoms with van der Waals surface area (Å²) in [5.41, 5.74) is 3.06. The summed E-state index contributed by atoms with van der Waals surface area (Å²) >= 11 is 0. The maximum Gasteiger partial charge on any atom is 0.345 e. The van der Waals surface area contributed by atoms with E-state index in [1.54, 1.807) is 6.07 Å². The molecule has 2 heterocycles. The van der Waals surface area contributed by atoms with Crippen LogP contribution in [0.15, 0.2) is 83.9 Å². The Morgan fingerprint density at radius 2 is 1.94 bits per heavy atom. The first-order valence-corrected chi connectivity index (χ1v) is 10.5. The summed E-state index contributed by atoms with van der Waals surface area (Å²) in [5.74, 6) is 0. The van der Waals surface area contributed by atoms with E-state index in [4.69, 9.17) is 4.74 Å². The van der Waals surface area contributed by atoms with E-state index in [0.717, 1.165) is 28.8 Å². The quantitative estimate of drug-likeness (QED) is 0.608. The summed E-state index contributed by atoms with van der Waals surface area (Å²) in [6, 6.07) is 20.2. The maximum atomic E-state index is 11.5. The number of nitrogens with one attached hydrogen (secondary N) is 1. The van der Waals surface area contributed by atoms with Crippen molar-refractivity contribution >= 4 is 0 Å². The molecule has 1 aliphatic rings. The van der Waals surface area contributed by atoms with E-state index in [1.165, 1.54) is 6.20 Å². The normalized spacial score (nSPS) is 19.4. The van der Waals surface area contributed by atoms with E-state index in [0.29, 0.717) is 13.2 Å². The first-order valence-electron chi connectivity index (χ1n) is 10.5. The Morgan fingerprint density at radius 1 is 1.16 bits per heavy atom. The number of benzene rings is 2. The van der Waals surface area contributed by atoms with Gasteiger partial charge in [0.1, 0.15) is 12.3 Å². The predicted octanol–water partition coefficient (Wildman–Crippen LogP) is 3.97. The van der Waals surface area contributed by atoms with Crippen LogP contribution in [0.25, 0.3) is 11.3 Å². The predicted molar refractivity (Wildman–Crippen MR) is 120 cm³/mol. The maximum absolute atomic E-state index is 11.5. The van der Waals surface area contributed by atoms with Gasteiger partial charge in [0.2, 0.25) is 0 Å². The number of aliphatic hydroxyl groups is 1. The van der Waals surface area contributed by atoms with Crippen molar-refractivity contribution in [2.75, 3.05) is 13.3 Å². The molecule has 1 aromatic heterocycles. The van der Waals surface area contributed by atoms with Crippen LogP contribution in [0.4, 0.5) is 0 Å². The number of hydrogen-bond donors (Lipinski definition) is 2. The molecule has 4 rings (SSSR count). The van der Waals surface area contributed by atoms with Crippen molar-refractivity contribution in [2.24, 2.45) is 0 Å². The van der Waals surface area contributed by atoms with Gasteiger partial charge in [-0.05, 0) is 48.6 Å². The molecule has 6 nitrogen and oxygen atoms in total. The Hall–Kier alpha value is -3.22. The summed E-state index contributed by atoms with van der Waals surface area (Å²) < 4.78 is 6.40. The highest BCUT2D eigenvalue weighted by Gasteiger charge is 2.34. The number of hydrogen-bond acceptors (Lipinski definition) is 5. The molecule has 31 heavy (non-hydrogen) atoms. The second-order valence-electron chi connectivity index (χ2n) is 7.77. The lowest BCUT2D eigenvalue weighted by Crippen LogP contribution is -2.38. The SMILES string of the molecule is C[C@@H](c1ccc(-c2ccnc(=O)[nH]2)cc1)N1C=C[C@](CCCO)(c2ccccc2)OC1. The third kappa shape index (κ3) is 4.60. The zero-order valence-corrected chi connectivity index (χ0v) is 17.6. The fraction of sp³-hybridized carbons (Fsp3) is 0.280. The first kappa shape index (κ1) is 21.0. The van der Waals surface area contributed by atoms with Crippen LogP contribution in [0.5, 0.6) is 0 Å². The van der Waals surface area contributed by atoms with Gasteiger partial charge in [-0.3, -0.25) is 0 Å². The minimum Gasteiger partial charge on any atom is -0.396 e. The largest absolute Gasteiger partial charge is 0.396 e. The van der Waals surface area contributed by atoms with E-state index in [9.17, 15) is 9.90 Å². The van der Waals surface area contributed by atoms with Gasteiger partial charge in [0.25, 0.3) is 0 Å². The summed E-state index contributed by atoms with van der Waals surface area (Å²) in [5, 5.41) is 9.35. The molecule has 0 unspecified atom stereocenters. The summed E-state index contributed by atoms with van der Waals surface area (Å²) in [6.07, 6.45) is 7.12. The number of aliphatic hydroxyl groups excluding tert-OH is 1. The molecule has 1 aliphatic heterocycles. The van der Waals surface area contributed by atoms with Crippen LogP contribution in [0.1, 0.15) is 36.9 Å². The topological polar surface area (TPSA) is 78.5 Å². The molecular weight excluding hydrogens is 390 g/mol. The minimum atomic E-state index is -0.517. The van der Waals surface area contributed by atoms with Crippen LogP contribution in [-0.4, -0.2) is 33.3 Å². The van der Waals surface area contributed by atoms with Crippen molar-refractivity contribution in [2.45, 2.75) is 31.4 Å². The lowest BCUT2D eigenvalue weighted by Gasteiger charge is -2.40. The molecule has 2 N–H and O–H groups in total. The molecule has 0 saturated carbocycles. The van der Waals surface area contributed by atoms with E-state index >= 15 is 0 Å². The van der Waals surface area contributed by atoms with Crippen LogP contribution in [0, 0.1) is 0 Å². The van der Waals surface area contributed by atoms with Gasteiger partial charge in [0, 0.05) is 19.0 Å². The van der Waals surface area contributed by atoms with Crippen molar-refractivity contribution in [3.05, 3.63) is 101 Å². The van der Waals surface area contributed by atoms with Crippen molar-refractivity contribution in [3.63, 3.8) is 0 Å². The van der Waals surface area contributed by atoms with Gasteiger partial charge in [-0.15, -0.1) is 0 Å². The van der Waals surface area contributed by atoms with Gasteiger partial charge in [-0.25, -0.2) is 9.78 Å². The Bertz CT molecular complexity index is 1080. The molecule has 0 amide bonds. The molecule has 0 radical (unpaired) electrons. The second-order valence-corrected chi connectivity index (χ2v) is 7.77. The molecule has 6 heteroatoms. The highest BCUT2D eigenvalue weighted by Crippen LogP contribution is 2.37. The molecule has 2 aromatic carbocycles. The molecule has 3 aromatic rings. The first-order chi connectivity index (χ1) is 15.1. The van der Waals surface area contributed by atoms with Gasteiger partial charge < -0.3 is 19.7 Å². The standard InChI is InChI=1S/C25H27N3O3/c1-19(20-8-10-21(11-9-20)23-12-15-26-24(30)27-23)28-16-14-25(31-18-28,13-5-17-29)22-6-3-2-4-7-22/h2-4,6-12,14-16,19,29H,5,13,17-18H2,1H3,(H,26,27,30)/t19-,25+/m0/s1. The number of rotatable bonds is 7. The molecule has 0 bridgehead atoms. The fourth-order valence-electron chi connectivity index (χ4n) is 3.95. The molecule has 0 aliphatic carbocycles. The van der Waals surface area contributed by atoms with E-state index < -0.39 is 5.60 Å². The highest BCUT2D eigenvalue weighted by molar-refractivity contribution is 5.58. The van der Waals surface area contributed by atoms with E-state index in [-0.39, 0.29) is 18.3 Å². The zero-order chi connectivity index (χ0) is 21.7. The summed E-state index contributed by atoms with van der Waals surface area (Å²) in [7, 11) is 0. The molecule has 2 atom stereocenters. The number of ether oxygens (including phenoxy) is 1. The number of aromatic amines is 1. The third-order valence-electron chi connectivity index (χ3n) is 5.85. The van der Waals surface area contributed by atoms with Crippen molar-refractivity contribution in [1.29, 1.82) is 0 Å². The molecule has 0 saturated heterocycles. The lowest BCUT2D eigenvalue weighted by molar-refractivity contribution is -0.0887. The third-order valence-corrected chi connectivity index (χ3v) is 5.85.